The summed E-state index contributed by atoms with van der Waals surface area (Å²) >= 11 is 1.57. The minimum Gasteiger partial charge on any atom is -0.316 e. The molecule has 0 aliphatic rings. The number of thiazole rings is 1. The van der Waals surface area contributed by atoms with Crippen LogP contribution in [0.3, 0.4) is 0 Å². The Hall–Kier alpha value is -0.900. The van der Waals surface area contributed by atoms with Crippen LogP contribution in [0, 0.1) is 12.8 Å². The van der Waals surface area contributed by atoms with Gasteiger partial charge >= 0.3 is 0 Å². The number of aryl methyl sites for hydroxylation is 1. The molecule has 0 radical (unpaired) electrons. The summed E-state index contributed by atoms with van der Waals surface area (Å²) in [4.78, 5) is 15.3. The monoisotopic (exact) mass is 212 g/mol. The zero-order chi connectivity index (χ0) is 10.7. The smallest absolute Gasteiger partial charge is 0.221 e. The molecule has 0 fully saturated rings. The molecule has 0 spiro atoms. The molecule has 14 heavy (non-hydrogen) atoms. The van der Waals surface area contributed by atoms with Gasteiger partial charge in [-0.1, -0.05) is 13.8 Å². The average Bonchev–Trinajstić information content (AvgIpc) is 2.28. The van der Waals surface area contributed by atoms with Crippen molar-refractivity contribution in [2.24, 2.45) is 5.92 Å². The second-order valence-corrected chi connectivity index (χ2v) is 4.88. The minimum absolute atomic E-state index is 0.0344. The lowest BCUT2D eigenvalue weighted by molar-refractivity contribution is -0.114. The van der Waals surface area contributed by atoms with Gasteiger partial charge in [0.25, 0.3) is 0 Å². The van der Waals surface area contributed by atoms with Crippen molar-refractivity contribution in [3.05, 3.63) is 10.7 Å². The fourth-order valence-electron chi connectivity index (χ4n) is 1.16. The van der Waals surface area contributed by atoms with Crippen molar-refractivity contribution in [2.45, 2.75) is 34.1 Å². The quantitative estimate of drug-likeness (QED) is 0.836. The van der Waals surface area contributed by atoms with Crippen molar-refractivity contribution in [3.63, 3.8) is 0 Å². The van der Waals surface area contributed by atoms with Crippen molar-refractivity contribution < 1.29 is 4.79 Å². The lowest BCUT2D eigenvalue weighted by Gasteiger charge is -1.98. The normalized spacial score (nSPS) is 10.6. The predicted molar refractivity (Wildman–Crippen MR) is 59.7 cm³/mol. The van der Waals surface area contributed by atoms with Crippen LogP contribution < -0.4 is 5.32 Å². The summed E-state index contributed by atoms with van der Waals surface area (Å²) in [7, 11) is 0. The number of anilines is 1. The Morgan fingerprint density at radius 3 is 2.71 bits per heavy atom. The van der Waals surface area contributed by atoms with E-state index < -0.39 is 0 Å². The molecule has 1 heterocycles. The molecule has 0 aliphatic heterocycles. The Balaban J connectivity index is 2.76. The highest BCUT2D eigenvalue weighted by Gasteiger charge is 2.09. The number of hydrogen-bond donors (Lipinski definition) is 1. The van der Waals surface area contributed by atoms with Crippen LogP contribution in [0.1, 0.15) is 31.5 Å². The van der Waals surface area contributed by atoms with E-state index in [-0.39, 0.29) is 5.91 Å². The maximum absolute atomic E-state index is 10.9. The summed E-state index contributed by atoms with van der Waals surface area (Å²) in [5, 5.41) is 4.76. The maximum atomic E-state index is 10.9. The van der Waals surface area contributed by atoms with Crippen molar-refractivity contribution in [1.82, 2.24) is 4.98 Å². The second kappa shape index (κ2) is 4.55. The van der Waals surface area contributed by atoms with Gasteiger partial charge in [-0.25, -0.2) is 4.98 Å². The summed E-state index contributed by atoms with van der Waals surface area (Å²) in [5.74, 6) is 0.568. The Labute approximate surface area is 88.6 Å². The highest BCUT2D eigenvalue weighted by molar-refractivity contribution is 7.16. The number of nitrogens with one attached hydrogen (secondary N) is 1. The number of aromatic nitrogens is 1. The van der Waals surface area contributed by atoms with Crippen LogP contribution in [-0.2, 0) is 11.2 Å². The summed E-state index contributed by atoms with van der Waals surface area (Å²) in [6, 6.07) is 0. The van der Waals surface area contributed by atoms with Crippen molar-refractivity contribution in [1.29, 1.82) is 0 Å². The summed E-state index contributed by atoms with van der Waals surface area (Å²) in [6.45, 7) is 7.76. The molecule has 1 rings (SSSR count). The SMILES string of the molecule is CC(=O)Nc1sc(CC(C)C)nc1C. The minimum atomic E-state index is -0.0344. The molecule has 0 bridgehead atoms. The van der Waals surface area contributed by atoms with Gasteiger partial charge in [0.15, 0.2) is 0 Å². The number of hydrogen-bond acceptors (Lipinski definition) is 3. The van der Waals surface area contributed by atoms with Gasteiger partial charge in [-0.2, -0.15) is 0 Å². The van der Waals surface area contributed by atoms with E-state index in [2.05, 4.69) is 24.1 Å². The van der Waals surface area contributed by atoms with E-state index in [1.807, 2.05) is 6.92 Å². The standard InChI is InChI=1S/C10H16N2OS/c1-6(2)5-9-11-7(3)10(14-9)12-8(4)13/h6H,5H2,1-4H3,(H,12,13). The van der Waals surface area contributed by atoms with E-state index in [0.29, 0.717) is 5.92 Å². The molecule has 0 unspecified atom stereocenters. The molecule has 0 saturated carbocycles. The van der Waals surface area contributed by atoms with E-state index in [1.165, 1.54) is 6.92 Å². The molecule has 4 heteroatoms. The highest BCUT2D eigenvalue weighted by Crippen LogP contribution is 2.25. The number of carbonyl (C=O) groups is 1. The Kier molecular flexibility index (Phi) is 3.63. The highest BCUT2D eigenvalue weighted by atomic mass is 32.1. The maximum Gasteiger partial charge on any atom is 0.221 e. The van der Waals surface area contributed by atoms with Crippen LogP contribution in [0.15, 0.2) is 0 Å². The summed E-state index contributed by atoms with van der Waals surface area (Å²) in [5.41, 5.74) is 0.917. The second-order valence-electron chi connectivity index (χ2n) is 3.80. The van der Waals surface area contributed by atoms with Gasteiger partial charge in [0.1, 0.15) is 5.00 Å². The van der Waals surface area contributed by atoms with Gasteiger partial charge in [0, 0.05) is 13.3 Å². The molecular formula is C10H16N2OS. The average molecular weight is 212 g/mol. The molecule has 78 valence electrons. The van der Waals surface area contributed by atoms with Crippen molar-refractivity contribution in [3.8, 4) is 0 Å². The first-order chi connectivity index (χ1) is 6.49. The number of carbonyl (C=O) groups excluding carboxylic acids is 1. The van der Waals surface area contributed by atoms with Crippen LogP contribution in [0.5, 0.6) is 0 Å². The molecule has 1 N–H and O–H groups in total. The molecule has 3 nitrogen and oxygen atoms in total. The van der Waals surface area contributed by atoms with Gasteiger partial charge in [-0.05, 0) is 12.8 Å². The van der Waals surface area contributed by atoms with Crippen molar-refractivity contribution in [2.75, 3.05) is 5.32 Å². The molecule has 1 amide bonds. The predicted octanol–water partition coefficient (Wildman–Crippen LogP) is 2.61. The van der Waals surface area contributed by atoms with Gasteiger partial charge in [-0.3, -0.25) is 4.79 Å². The first kappa shape index (κ1) is 11.2. The van der Waals surface area contributed by atoms with Crippen LogP contribution in [0.25, 0.3) is 0 Å². The van der Waals surface area contributed by atoms with E-state index >= 15 is 0 Å². The van der Waals surface area contributed by atoms with Crippen LogP contribution >= 0.6 is 11.3 Å². The van der Waals surface area contributed by atoms with Gasteiger partial charge < -0.3 is 5.32 Å². The summed E-state index contributed by atoms with van der Waals surface area (Å²) < 4.78 is 0. The number of nitrogens with zero attached hydrogens (tertiary/aromatic N) is 1. The largest absolute Gasteiger partial charge is 0.316 e. The lowest BCUT2D eigenvalue weighted by Crippen LogP contribution is -2.04. The van der Waals surface area contributed by atoms with Gasteiger partial charge in [0.2, 0.25) is 5.91 Å². The van der Waals surface area contributed by atoms with Gasteiger partial charge in [0.05, 0.1) is 10.7 Å². The molecular weight excluding hydrogens is 196 g/mol. The van der Waals surface area contributed by atoms with E-state index in [1.54, 1.807) is 11.3 Å². The molecule has 1 aromatic rings. The Bertz CT molecular complexity index is 331. The van der Waals surface area contributed by atoms with Crippen LogP contribution in [0.4, 0.5) is 5.00 Å². The van der Waals surface area contributed by atoms with E-state index in [4.69, 9.17) is 0 Å². The van der Waals surface area contributed by atoms with Crippen molar-refractivity contribution >= 4 is 22.2 Å². The molecule has 1 aromatic heterocycles. The van der Waals surface area contributed by atoms with Crippen LogP contribution in [-0.4, -0.2) is 10.9 Å². The third-order valence-corrected chi connectivity index (χ3v) is 2.81. The molecule has 0 aliphatic carbocycles. The van der Waals surface area contributed by atoms with Crippen LogP contribution in [0.2, 0.25) is 0 Å². The molecule has 0 saturated heterocycles. The lowest BCUT2D eigenvalue weighted by atomic mass is 10.1. The number of amides is 1. The topological polar surface area (TPSA) is 42.0 Å². The van der Waals surface area contributed by atoms with Gasteiger partial charge in [-0.15, -0.1) is 11.3 Å². The third-order valence-electron chi connectivity index (χ3n) is 1.71. The first-order valence-corrected chi connectivity index (χ1v) is 5.54. The number of rotatable bonds is 3. The zero-order valence-corrected chi connectivity index (χ0v) is 9.86. The summed E-state index contributed by atoms with van der Waals surface area (Å²) in [6.07, 6.45) is 0.977. The Morgan fingerprint density at radius 1 is 1.57 bits per heavy atom. The van der Waals surface area contributed by atoms with E-state index in [0.717, 1.165) is 22.1 Å². The fraction of sp³-hybridized carbons (Fsp3) is 0.600. The zero-order valence-electron chi connectivity index (χ0n) is 9.05. The fourth-order valence-corrected chi connectivity index (χ4v) is 2.39. The Morgan fingerprint density at radius 2 is 2.21 bits per heavy atom. The first-order valence-electron chi connectivity index (χ1n) is 4.73. The third kappa shape index (κ3) is 3.10. The molecule has 0 aromatic carbocycles. The van der Waals surface area contributed by atoms with E-state index in [9.17, 15) is 4.79 Å². The molecule has 0 atom stereocenters.